The maximum atomic E-state index is 12.7. The highest BCUT2D eigenvalue weighted by molar-refractivity contribution is 9.10. The molecule has 29 heavy (non-hydrogen) atoms. The van der Waals surface area contributed by atoms with Crippen LogP contribution in [-0.4, -0.2) is 34.3 Å². The van der Waals surface area contributed by atoms with E-state index < -0.39 is 10.0 Å². The maximum Gasteiger partial charge on any atom is 0.263 e. The average Bonchev–Trinajstić information content (AvgIpc) is 3.23. The number of hydrogen-bond donors (Lipinski definition) is 0. The highest BCUT2D eigenvalue weighted by Crippen LogP contribution is 2.22. The van der Waals surface area contributed by atoms with E-state index in [1.807, 2.05) is 42.6 Å². The molecule has 0 atom stereocenters. The Hall–Kier alpha value is -2.71. The predicted molar refractivity (Wildman–Crippen MR) is 115 cm³/mol. The van der Waals surface area contributed by atoms with Gasteiger partial charge in [-0.15, -0.1) is 5.10 Å². The molecule has 2 aromatic carbocycles. The van der Waals surface area contributed by atoms with Gasteiger partial charge in [-0.25, -0.2) is 13.1 Å². The first kappa shape index (κ1) is 19.6. The molecule has 0 spiro atoms. The standard InChI is InChI=1S/C21H19BrN4O2S/c22-19-8-6-18(7-9-19)21-16-25(24-23-21)13-10-17-11-14-26(15-12-17)29(27,28)20-4-2-1-3-5-20/h1-11,14,16H,12-13,15H2/b17-10+. The molecule has 2 heterocycles. The zero-order chi connectivity index (χ0) is 20.3. The Labute approximate surface area is 178 Å². The summed E-state index contributed by atoms with van der Waals surface area (Å²) in [5.74, 6) is 0. The molecule has 0 saturated carbocycles. The zero-order valence-corrected chi connectivity index (χ0v) is 17.9. The second kappa shape index (κ2) is 8.34. The molecule has 0 saturated heterocycles. The van der Waals surface area contributed by atoms with E-state index in [9.17, 15) is 8.42 Å². The van der Waals surface area contributed by atoms with Crippen LogP contribution in [0.5, 0.6) is 0 Å². The zero-order valence-electron chi connectivity index (χ0n) is 15.5. The molecule has 1 aliphatic rings. The van der Waals surface area contributed by atoms with E-state index in [4.69, 9.17) is 0 Å². The summed E-state index contributed by atoms with van der Waals surface area (Å²) in [5, 5.41) is 8.39. The third-order valence-electron chi connectivity index (χ3n) is 4.64. The van der Waals surface area contributed by atoms with Crippen molar-refractivity contribution in [3.8, 4) is 11.3 Å². The fourth-order valence-corrected chi connectivity index (χ4v) is 4.61. The minimum Gasteiger partial charge on any atom is -0.273 e. The molecule has 0 amide bonds. The van der Waals surface area contributed by atoms with E-state index in [0.29, 0.717) is 24.4 Å². The first-order chi connectivity index (χ1) is 14.0. The number of benzene rings is 2. The number of nitrogens with zero attached hydrogens (tertiary/aromatic N) is 4. The Morgan fingerprint density at radius 3 is 2.52 bits per heavy atom. The van der Waals surface area contributed by atoms with Gasteiger partial charge in [0.2, 0.25) is 0 Å². The Balaban J connectivity index is 1.42. The van der Waals surface area contributed by atoms with Crippen molar-refractivity contribution in [2.45, 2.75) is 17.9 Å². The van der Waals surface area contributed by atoms with Crippen molar-refractivity contribution < 1.29 is 8.42 Å². The number of aromatic nitrogens is 3. The van der Waals surface area contributed by atoms with Crippen LogP contribution in [0, 0.1) is 0 Å². The summed E-state index contributed by atoms with van der Waals surface area (Å²) in [4.78, 5) is 0.306. The molecular weight excluding hydrogens is 452 g/mol. The van der Waals surface area contributed by atoms with E-state index in [1.54, 1.807) is 41.2 Å². The van der Waals surface area contributed by atoms with Crippen LogP contribution in [0.3, 0.4) is 0 Å². The number of rotatable bonds is 5. The number of halogens is 1. The molecule has 0 unspecified atom stereocenters. The molecule has 3 aromatic rings. The lowest BCUT2D eigenvalue weighted by molar-refractivity contribution is 0.492. The molecule has 0 N–H and O–H groups in total. The van der Waals surface area contributed by atoms with E-state index >= 15 is 0 Å². The first-order valence-corrected chi connectivity index (χ1v) is 11.4. The van der Waals surface area contributed by atoms with Gasteiger partial charge in [-0.2, -0.15) is 0 Å². The number of sulfonamides is 1. The topological polar surface area (TPSA) is 68.1 Å². The van der Waals surface area contributed by atoms with Crippen LogP contribution in [0.4, 0.5) is 0 Å². The monoisotopic (exact) mass is 470 g/mol. The summed E-state index contributed by atoms with van der Waals surface area (Å²) in [5.41, 5.74) is 2.90. The molecule has 0 aliphatic carbocycles. The van der Waals surface area contributed by atoms with Gasteiger partial charge >= 0.3 is 0 Å². The van der Waals surface area contributed by atoms with Crippen molar-refractivity contribution in [2.75, 3.05) is 6.54 Å². The van der Waals surface area contributed by atoms with Crippen LogP contribution in [0.2, 0.25) is 0 Å². The summed E-state index contributed by atoms with van der Waals surface area (Å²) < 4.78 is 29.5. The van der Waals surface area contributed by atoms with Gasteiger partial charge in [-0.3, -0.25) is 4.31 Å². The minimum atomic E-state index is -3.49. The van der Waals surface area contributed by atoms with Gasteiger partial charge in [-0.1, -0.05) is 57.6 Å². The third kappa shape index (κ3) is 4.49. The van der Waals surface area contributed by atoms with Crippen LogP contribution in [-0.2, 0) is 16.6 Å². The van der Waals surface area contributed by atoms with E-state index in [1.165, 1.54) is 4.31 Å². The SMILES string of the molecule is O=S(=O)(c1ccccc1)N1C=C/C(=C\Cn2cc(-c3ccc(Br)cc3)nn2)CC1. The second-order valence-electron chi connectivity index (χ2n) is 6.61. The van der Waals surface area contributed by atoms with Crippen molar-refractivity contribution in [1.29, 1.82) is 0 Å². The van der Waals surface area contributed by atoms with Crippen LogP contribution in [0.25, 0.3) is 11.3 Å². The average molecular weight is 471 g/mol. The number of hydrogen-bond acceptors (Lipinski definition) is 4. The van der Waals surface area contributed by atoms with Gasteiger partial charge in [0.05, 0.1) is 17.6 Å². The van der Waals surface area contributed by atoms with Crippen LogP contribution >= 0.6 is 15.9 Å². The minimum absolute atomic E-state index is 0.306. The van der Waals surface area contributed by atoms with E-state index in [-0.39, 0.29) is 0 Å². The molecule has 0 radical (unpaired) electrons. The van der Waals surface area contributed by atoms with Gasteiger partial charge < -0.3 is 0 Å². The quantitative estimate of drug-likeness (QED) is 0.558. The van der Waals surface area contributed by atoms with Crippen LogP contribution in [0.1, 0.15) is 6.42 Å². The van der Waals surface area contributed by atoms with Crippen molar-refractivity contribution in [2.24, 2.45) is 0 Å². The summed E-state index contributed by atoms with van der Waals surface area (Å²) >= 11 is 3.43. The van der Waals surface area contributed by atoms with Crippen molar-refractivity contribution in [3.05, 3.63) is 89.2 Å². The molecule has 6 nitrogen and oxygen atoms in total. The third-order valence-corrected chi connectivity index (χ3v) is 6.96. The Bertz CT molecular complexity index is 1150. The van der Waals surface area contributed by atoms with E-state index in [0.717, 1.165) is 21.3 Å². The molecule has 0 fully saturated rings. The van der Waals surface area contributed by atoms with Crippen molar-refractivity contribution in [3.63, 3.8) is 0 Å². The number of allylic oxidation sites excluding steroid dienone is 2. The normalized spacial score (nSPS) is 15.8. The van der Waals surface area contributed by atoms with Crippen molar-refractivity contribution in [1.82, 2.24) is 19.3 Å². The second-order valence-corrected chi connectivity index (χ2v) is 9.41. The van der Waals surface area contributed by atoms with Crippen LogP contribution in [0.15, 0.2) is 94.1 Å². The fraction of sp³-hybridized carbons (Fsp3) is 0.143. The molecule has 4 rings (SSSR count). The Kier molecular flexibility index (Phi) is 5.64. The summed E-state index contributed by atoms with van der Waals surface area (Å²) in [7, 11) is -3.49. The molecule has 1 aliphatic heterocycles. The Morgan fingerprint density at radius 2 is 1.83 bits per heavy atom. The van der Waals surface area contributed by atoms with Crippen molar-refractivity contribution >= 4 is 26.0 Å². The van der Waals surface area contributed by atoms with Gasteiger partial charge in [0.15, 0.2) is 0 Å². The predicted octanol–water partition coefficient (Wildman–Crippen LogP) is 4.24. The molecular formula is C21H19BrN4O2S. The fourth-order valence-electron chi connectivity index (χ4n) is 3.03. The molecule has 0 bridgehead atoms. The van der Waals surface area contributed by atoms with Crippen LogP contribution < -0.4 is 0 Å². The summed E-state index contributed by atoms with van der Waals surface area (Å²) in [6.07, 6.45) is 8.07. The molecule has 1 aromatic heterocycles. The van der Waals surface area contributed by atoms with Gasteiger partial charge in [0.1, 0.15) is 5.69 Å². The van der Waals surface area contributed by atoms with Gasteiger partial charge in [-0.05, 0) is 42.3 Å². The lowest BCUT2D eigenvalue weighted by Crippen LogP contribution is -2.29. The smallest absolute Gasteiger partial charge is 0.263 e. The van der Waals surface area contributed by atoms with Gasteiger partial charge in [0, 0.05) is 22.8 Å². The van der Waals surface area contributed by atoms with Gasteiger partial charge in [0.25, 0.3) is 10.0 Å². The van der Waals surface area contributed by atoms with E-state index in [2.05, 4.69) is 26.2 Å². The highest BCUT2D eigenvalue weighted by Gasteiger charge is 2.23. The maximum absolute atomic E-state index is 12.7. The highest BCUT2D eigenvalue weighted by atomic mass is 79.9. The lowest BCUT2D eigenvalue weighted by Gasteiger charge is -2.24. The summed E-state index contributed by atoms with van der Waals surface area (Å²) in [6, 6.07) is 16.4. The molecule has 148 valence electrons. The molecule has 8 heteroatoms. The first-order valence-electron chi connectivity index (χ1n) is 9.12. The lowest BCUT2D eigenvalue weighted by atomic mass is 10.1. The summed E-state index contributed by atoms with van der Waals surface area (Å²) in [6.45, 7) is 0.996. The largest absolute Gasteiger partial charge is 0.273 e. The Morgan fingerprint density at radius 1 is 1.07 bits per heavy atom.